The first-order valence-corrected chi connectivity index (χ1v) is 9.20. The monoisotopic (exact) mass is 363 g/mol. The number of rotatable bonds is 5. The van der Waals surface area contributed by atoms with E-state index >= 15 is 0 Å². The summed E-state index contributed by atoms with van der Waals surface area (Å²) >= 11 is 0. The summed E-state index contributed by atoms with van der Waals surface area (Å²) in [7, 11) is 0. The molecule has 2 aromatic heterocycles. The van der Waals surface area contributed by atoms with Crippen molar-refractivity contribution < 1.29 is 4.79 Å². The van der Waals surface area contributed by atoms with Gasteiger partial charge in [0.2, 0.25) is 5.78 Å². The minimum Gasteiger partial charge on any atom is -0.383 e. The van der Waals surface area contributed by atoms with Gasteiger partial charge in [-0.3, -0.25) is 4.79 Å². The Bertz CT molecular complexity index is 871. The van der Waals surface area contributed by atoms with Crippen LogP contribution in [0.5, 0.6) is 0 Å². The zero-order valence-electron chi connectivity index (χ0n) is 15.8. The fourth-order valence-electron chi connectivity index (χ4n) is 3.41. The first-order valence-electron chi connectivity index (χ1n) is 9.20. The fraction of sp³-hybridized carbons (Fsp3) is 0.381. The molecule has 1 atom stereocenters. The van der Waals surface area contributed by atoms with E-state index in [-0.39, 0.29) is 17.3 Å². The minimum atomic E-state index is -0.302. The lowest BCUT2D eigenvalue weighted by Gasteiger charge is -2.35. The lowest BCUT2D eigenvalue weighted by molar-refractivity contribution is 0.103. The third kappa shape index (κ3) is 4.26. The first-order chi connectivity index (χ1) is 13.0. The van der Waals surface area contributed by atoms with Crippen LogP contribution < -0.4 is 16.0 Å². The van der Waals surface area contributed by atoms with E-state index in [2.05, 4.69) is 40.0 Å². The maximum Gasteiger partial charge on any atom is 0.216 e. The molecule has 0 aromatic carbocycles. The molecule has 0 saturated carbocycles. The molecule has 0 unspecified atom stereocenters. The number of terminal acetylenes is 1. The smallest absolute Gasteiger partial charge is 0.216 e. The summed E-state index contributed by atoms with van der Waals surface area (Å²) in [5.41, 5.74) is 6.89. The molecule has 3 heterocycles. The molecule has 3 N–H and O–H groups in total. The number of carbonyl (C=O) groups excluding carboxylic acids is 1. The Balaban J connectivity index is 1.91. The third-order valence-corrected chi connectivity index (χ3v) is 4.67. The zero-order chi connectivity index (χ0) is 19.4. The van der Waals surface area contributed by atoms with Gasteiger partial charge in [-0.05, 0) is 36.6 Å². The van der Waals surface area contributed by atoms with Gasteiger partial charge in [-0.2, -0.15) is 0 Å². The number of carbonyl (C=O) groups is 1. The average Bonchev–Trinajstić information content (AvgIpc) is 2.67. The summed E-state index contributed by atoms with van der Waals surface area (Å²) in [4.78, 5) is 23.8. The number of nitrogen functional groups attached to an aromatic ring is 1. The van der Waals surface area contributed by atoms with Crippen LogP contribution in [-0.4, -0.2) is 41.4 Å². The van der Waals surface area contributed by atoms with E-state index in [1.807, 2.05) is 6.07 Å². The second kappa shape index (κ2) is 8.19. The number of ketones is 1. The molecular weight excluding hydrogens is 338 g/mol. The van der Waals surface area contributed by atoms with E-state index in [9.17, 15) is 4.79 Å². The van der Waals surface area contributed by atoms with E-state index in [1.54, 1.807) is 24.4 Å². The van der Waals surface area contributed by atoms with Crippen LogP contribution in [-0.2, 0) is 0 Å². The molecule has 0 aliphatic carbocycles. The van der Waals surface area contributed by atoms with Crippen molar-refractivity contribution in [1.82, 2.24) is 15.3 Å². The number of hydrogen-bond acceptors (Lipinski definition) is 6. The van der Waals surface area contributed by atoms with Gasteiger partial charge in [0.25, 0.3) is 0 Å². The molecule has 140 valence electrons. The Morgan fingerprint density at radius 3 is 2.96 bits per heavy atom. The van der Waals surface area contributed by atoms with Crippen molar-refractivity contribution in [3.63, 3.8) is 0 Å². The normalized spacial score (nSPS) is 17.0. The number of nitrogens with zero attached hydrogens (tertiary/aromatic N) is 3. The second-order valence-electron chi connectivity index (χ2n) is 7.20. The third-order valence-electron chi connectivity index (χ3n) is 4.67. The van der Waals surface area contributed by atoms with Gasteiger partial charge in [-0.1, -0.05) is 19.8 Å². The Kier molecular flexibility index (Phi) is 5.72. The number of aromatic nitrogens is 2. The largest absolute Gasteiger partial charge is 0.383 e. The quantitative estimate of drug-likeness (QED) is 0.625. The SMILES string of the molecule is C#Cc1ccc(N2CCN[C@@H](CC(C)C)C2)nc1C(=O)c1cccnc1N. The van der Waals surface area contributed by atoms with Gasteiger partial charge in [0.1, 0.15) is 17.3 Å². The molecule has 0 bridgehead atoms. The summed E-state index contributed by atoms with van der Waals surface area (Å²) in [6.45, 7) is 7.00. The standard InChI is InChI=1S/C21H25N5O/c1-4-15-7-8-18(26-11-10-23-16(13-26)12-14(2)3)25-19(15)20(27)17-6-5-9-24-21(17)22/h1,5-9,14,16,23H,10-13H2,2-3H3,(H2,22,24)/t16-/m0/s1. The van der Waals surface area contributed by atoms with Crippen molar-refractivity contribution in [2.75, 3.05) is 30.3 Å². The molecule has 6 heteroatoms. The number of nitrogens with one attached hydrogen (secondary N) is 1. The number of nitrogens with two attached hydrogens (primary N) is 1. The van der Waals surface area contributed by atoms with Crippen LogP contribution in [0.25, 0.3) is 0 Å². The zero-order valence-corrected chi connectivity index (χ0v) is 15.8. The van der Waals surface area contributed by atoms with Crippen LogP contribution in [0, 0.1) is 18.3 Å². The van der Waals surface area contributed by atoms with Gasteiger partial charge in [-0.15, -0.1) is 6.42 Å². The van der Waals surface area contributed by atoms with Gasteiger partial charge < -0.3 is 16.0 Å². The van der Waals surface area contributed by atoms with Crippen molar-refractivity contribution >= 4 is 17.4 Å². The Morgan fingerprint density at radius 1 is 1.44 bits per heavy atom. The maximum atomic E-state index is 13.0. The lowest BCUT2D eigenvalue weighted by Crippen LogP contribution is -2.51. The predicted octanol–water partition coefficient (Wildman–Crippen LogP) is 2.10. The van der Waals surface area contributed by atoms with E-state index in [1.165, 1.54) is 0 Å². The Morgan fingerprint density at radius 2 is 2.26 bits per heavy atom. The molecule has 3 rings (SSSR count). The summed E-state index contributed by atoms with van der Waals surface area (Å²) in [5, 5.41) is 3.55. The molecule has 27 heavy (non-hydrogen) atoms. The van der Waals surface area contributed by atoms with Crippen LogP contribution in [0.3, 0.4) is 0 Å². The lowest BCUT2D eigenvalue weighted by atomic mass is 10.0. The number of hydrogen-bond donors (Lipinski definition) is 2. The molecule has 0 radical (unpaired) electrons. The fourth-order valence-corrected chi connectivity index (χ4v) is 3.41. The highest BCUT2D eigenvalue weighted by Crippen LogP contribution is 2.21. The van der Waals surface area contributed by atoms with Gasteiger partial charge >= 0.3 is 0 Å². The highest BCUT2D eigenvalue weighted by molar-refractivity contribution is 6.11. The van der Waals surface area contributed by atoms with Gasteiger partial charge in [0.05, 0.1) is 11.1 Å². The van der Waals surface area contributed by atoms with Gasteiger partial charge in [0, 0.05) is 31.9 Å². The first kappa shape index (κ1) is 18.9. The van der Waals surface area contributed by atoms with Crippen LogP contribution >= 0.6 is 0 Å². The molecule has 1 fully saturated rings. The highest BCUT2D eigenvalue weighted by Gasteiger charge is 2.24. The maximum absolute atomic E-state index is 13.0. The van der Waals surface area contributed by atoms with Crippen LogP contribution in [0.4, 0.5) is 11.6 Å². The molecule has 6 nitrogen and oxygen atoms in total. The Labute approximate surface area is 160 Å². The second-order valence-corrected chi connectivity index (χ2v) is 7.20. The van der Waals surface area contributed by atoms with E-state index in [0.29, 0.717) is 23.1 Å². The molecule has 1 saturated heterocycles. The predicted molar refractivity (Wildman–Crippen MR) is 108 cm³/mol. The van der Waals surface area contributed by atoms with Crippen molar-refractivity contribution in [3.8, 4) is 12.3 Å². The average molecular weight is 363 g/mol. The van der Waals surface area contributed by atoms with Crippen LogP contribution in [0.1, 0.15) is 41.9 Å². The summed E-state index contributed by atoms with van der Waals surface area (Å²) < 4.78 is 0. The topological polar surface area (TPSA) is 84.1 Å². The van der Waals surface area contributed by atoms with Gasteiger partial charge in [0.15, 0.2) is 0 Å². The summed E-state index contributed by atoms with van der Waals surface area (Å²) in [5.74, 6) is 3.81. The number of piperazine rings is 1. The molecular formula is C21H25N5O. The van der Waals surface area contributed by atoms with Crippen molar-refractivity contribution in [2.45, 2.75) is 26.3 Å². The van der Waals surface area contributed by atoms with Crippen molar-refractivity contribution in [1.29, 1.82) is 0 Å². The number of pyridine rings is 2. The van der Waals surface area contributed by atoms with Crippen molar-refractivity contribution in [2.24, 2.45) is 5.92 Å². The molecule has 1 aliphatic heterocycles. The highest BCUT2D eigenvalue weighted by atomic mass is 16.1. The Hall–Kier alpha value is -2.91. The molecule has 2 aromatic rings. The van der Waals surface area contributed by atoms with Crippen LogP contribution in [0.2, 0.25) is 0 Å². The minimum absolute atomic E-state index is 0.178. The van der Waals surface area contributed by atoms with Gasteiger partial charge in [-0.25, -0.2) is 9.97 Å². The number of anilines is 2. The summed E-state index contributed by atoms with van der Waals surface area (Å²) in [6.07, 6.45) is 8.24. The van der Waals surface area contributed by atoms with E-state index < -0.39 is 0 Å². The van der Waals surface area contributed by atoms with E-state index in [4.69, 9.17) is 12.2 Å². The van der Waals surface area contributed by atoms with E-state index in [0.717, 1.165) is 31.9 Å². The molecule has 0 amide bonds. The summed E-state index contributed by atoms with van der Waals surface area (Å²) in [6, 6.07) is 7.39. The molecule has 1 aliphatic rings. The van der Waals surface area contributed by atoms with Crippen LogP contribution in [0.15, 0.2) is 30.5 Å². The molecule has 0 spiro atoms. The van der Waals surface area contributed by atoms with Crippen molar-refractivity contribution in [3.05, 3.63) is 47.3 Å².